The van der Waals surface area contributed by atoms with Crippen LogP contribution in [0.5, 0.6) is 0 Å². The van der Waals surface area contributed by atoms with Gasteiger partial charge in [0.15, 0.2) is 5.96 Å². The van der Waals surface area contributed by atoms with E-state index >= 15 is 0 Å². The monoisotopic (exact) mass is 346 g/mol. The molecule has 0 bridgehead atoms. The Morgan fingerprint density at radius 2 is 2.04 bits per heavy atom. The van der Waals surface area contributed by atoms with E-state index in [0.29, 0.717) is 12.1 Å². The quantitative estimate of drug-likeness (QED) is 0.613. The number of rotatable bonds is 6. The molecule has 2 unspecified atom stereocenters. The van der Waals surface area contributed by atoms with Crippen LogP contribution in [0.4, 0.5) is 0 Å². The summed E-state index contributed by atoms with van der Waals surface area (Å²) >= 11 is 0. The molecule has 1 saturated heterocycles. The van der Waals surface area contributed by atoms with Gasteiger partial charge in [0, 0.05) is 44.2 Å². The first-order chi connectivity index (χ1) is 11.9. The predicted octanol–water partition coefficient (Wildman–Crippen LogP) is 2.24. The van der Waals surface area contributed by atoms with Crippen molar-refractivity contribution in [2.45, 2.75) is 45.2 Å². The van der Waals surface area contributed by atoms with Crippen LogP contribution >= 0.6 is 0 Å². The maximum Gasteiger partial charge on any atom is 0.191 e. The fraction of sp³-hybridized carbons (Fsp3) is 0.650. The number of hydrogen-bond donors (Lipinski definition) is 2. The molecule has 2 atom stereocenters. The molecule has 140 valence electrons. The van der Waals surface area contributed by atoms with Crippen molar-refractivity contribution in [1.82, 2.24) is 15.5 Å². The Morgan fingerprint density at radius 3 is 2.68 bits per heavy atom. The Morgan fingerprint density at radius 1 is 1.32 bits per heavy atom. The number of morpholine rings is 1. The second-order valence-corrected chi connectivity index (χ2v) is 7.57. The molecule has 5 nitrogen and oxygen atoms in total. The van der Waals surface area contributed by atoms with Gasteiger partial charge in [0.2, 0.25) is 0 Å². The fourth-order valence-electron chi connectivity index (χ4n) is 3.27. The van der Waals surface area contributed by atoms with Gasteiger partial charge in [-0.15, -0.1) is 0 Å². The van der Waals surface area contributed by atoms with E-state index in [4.69, 9.17) is 4.74 Å². The molecule has 0 amide bonds. The number of ether oxygens (including phenoxy) is 1. The second-order valence-electron chi connectivity index (χ2n) is 7.57. The lowest BCUT2D eigenvalue weighted by atomic mass is 9.85. The Labute approximate surface area is 152 Å². The topological polar surface area (TPSA) is 48.9 Å². The van der Waals surface area contributed by atoms with Gasteiger partial charge >= 0.3 is 0 Å². The van der Waals surface area contributed by atoms with Crippen LogP contribution in [0, 0.1) is 0 Å². The van der Waals surface area contributed by atoms with E-state index in [1.807, 2.05) is 7.05 Å². The first-order valence-electron chi connectivity index (χ1n) is 9.27. The highest BCUT2D eigenvalue weighted by Gasteiger charge is 2.24. The maximum atomic E-state index is 5.53. The van der Waals surface area contributed by atoms with Gasteiger partial charge in [0.05, 0.1) is 13.2 Å². The molecule has 0 saturated carbocycles. The largest absolute Gasteiger partial charge is 0.379 e. The summed E-state index contributed by atoms with van der Waals surface area (Å²) in [6, 6.07) is 11.5. The molecule has 1 aromatic rings. The van der Waals surface area contributed by atoms with Crippen LogP contribution in [-0.4, -0.2) is 62.8 Å². The Hall–Kier alpha value is -1.59. The van der Waals surface area contributed by atoms with Crippen LogP contribution in [-0.2, 0) is 10.2 Å². The van der Waals surface area contributed by atoms with E-state index in [2.05, 4.69) is 78.6 Å². The first kappa shape index (κ1) is 19.7. The standard InChI is InChI=1S/C20H34N4O/c1-16(24-11-12-25-14-17(24)2)13-22-19(21-5)23-15-20(3,4)18-9-7-6-8-10-18/h6-10,16-17H,11-15H2,1-5H3,(H2,21,22,23). The zero-order valence-corrected chi connectivity index (χ0v) is 16.4. The number of benzene rings is 1. The molecule has 2 N–H and O–H groups in total. The highest BCUT2D eigenvalue weighted by atomic mass is 16.5. The van der Waals surface area contributed by atoms with Gasteiger partial charge in [-0.25, -0.2) is 0 Å². The van der Waals surface area contributed by atoms with E-state index in [1.165, 1.54) is 5.56 Å². The summed E-state index contributed by atoms with van der Waals surface area (Å²) in [6.07, 6.45) is 0. The molecule has 1 aliphatic heterocycles. The molecule has 1 fully saturated rings. The van der Waals surface area contributed by atoms with E-state index in [9.17, 15) is 0 Å². The minimum Gasteiger partial charge on any atom is -0.379 e. The normalized spacial score (nSPS) is 21.0. The van der Waals surface area contributed by atoms with Gasteiger partial charge in [0.1, 0.15) is 0 Å². The summed E-state index contributed by atoms with van der Waals surface area (Å²) in [7, 11) is 1.83. The molecule has 1 aliphatic rings. The molecular formula is C20H34N4O. The first-order valence-corrected chi connectivity index (χ1v) is 9.27. The van der Waals surface area contributed by atoms with Gasteiger partial charge in [-0.2, -0.15) is 0 Å². The van der Waals surface area contributed by atoms with Crippen molar-refractivity contribution >= 4 is 5.96 Å². The van der Waals surface area contributed by atoms with Gasteiger partial charge in [0.25, 0.3) is 0 Å². The minimum atomic E-state index is 0.0449. The van der Waals surface area contributed by atoms with E-state index < -0.39 is 0 Å². The van der Waals surface area contributed by atoms with Crippen LogP contribution in [0.15, 0.2) is 35.3 Å². The summed E-state index contributed by atoms with van der Waals surface area (Å²) in [4.78, 5) is 6.87. The molecule has 5 heteroatoms. The number of guanidine groups is 1. The van der Waals surface area contributed by atoms with Crippen molar-refractivity contribution in [3.05, 3.63) is 35.9 Å². The second kappa shape index (κ2) is 9.20. The summed E-state index contributed by atoms with van der Waals surface area (Å²) in [5.41, 5.74) is 1.37. The highest BCUT2D eigenvalue weighted by Crippen LogP contribution is 2.21. The predicted molar refractivity (Wildman–Crippen MR) is 105 cm³/mol. The Kier molecular flexibility index (Phi) is 7.26. The van der Waals surface area contributed by atoms with Crippen LogP contribution in [0.2, 0.25) is 0 Å². The zero-order valence-electron chi connectivity index (χ0n) is 16.4. The number of nitrogens with one attached hydrogen (secondary N) is 2. The highest BCUT2D eigenvalue weighted by molar-refractivity contribution is 5.79. The van der Waals surface area contributed by atoms with Gasteiger partial charge < -0.3 is 15.4 Å². The summed E-state index contributed by atoms with van der Waals surface area (Å²) in [6.45, 7) is 13.3. The number of nitrogens with zero attached hydrogens (tertiary/aromatic N) is 2. The lowest BCUT2D eigenvalue weighted by Crippen LogP contribution is -2.53. The van der Waals surface area contributed by atoms with Crippen molar-refractivity contribution in [2.75, 3.05) is 39.9 Å². The molecule has 0 aliphatic carbocycles. The summed E-state index contributed by atoms with van der Waals surface area (Å²) < 4.78 is 5.53. The molecule has 0 aromatic heterocycles. The smallest absolute Gasteiger partial charge is 0.191 e. The minimum absolute atomic E-state index is 0.0449. The van der Waals surface area contributed by atoms with Crippen molar-refractivity contribution in [3.8, 4) is 0 Å². The van der Waals surface area contributed by atoms with E-state index in [1.54, 1.807) is 0 Å². The zero-order chi connectivity index (χ0) is 18.3. The number of aliphatic imine (C=N–C) groups is 1. The van der Waals surface area contributed by atoms with Gasteiger partial charge in [-0.05, 0) is 19.4 Å². The summed E-state index contributed by atoms with van der Waals surface area (Å²) in [5, 5.41) is 6.94. The van der Waals surface area contributed by atoms with Crippen molar-refractivity contribution in [3.63, 3.8) is 0 Å². The maximum absolute atomic E-state index is 5.53. The summed E-state index contributed by atoms with van der Waals surface area (Å²) in [5.74, 6) is 0.858. The van der Waals surface area contributed by atoms with E-state index in [0.717, 1.165) is 38.8 Å². The third-order valence-electron chi connectivity index (χ3n) is 5.03. The van der Waals surface area contributed by atoms with Gasteiger partial charge in [-0.3, -0.25) is 9.89 Å². The number of hydrogen-bond acceptors (Lipinski definition) is 3. The van der Waals surface area contributed by atoms with Gasteiger partial charge in [-0.1, -0.05) is 44.2 Å². The SMILES string of the molecule is CN=C(NCC(C)N1CCOCC1C)NCC(C)(C)c1ccccc1. The molecule has 1 aromatic carbocycles. The van der Waals surface area contributed by atoms with Crippen LogP contribution in [0.3, 0.4) is 0 Å². The lowest BCUT2D eigenvalue weighted by molar-refractivity contribution is -0.0174. The lowest BCUT2D eigenvalue weighted by Gasteiger charge is -2.38. The van der Waals surface area contributed by atoms with Crippen molar-refractivity contribution in [2.24, 2.45) is 4.99 Å². The molecule has 1 heterocycles. The third-order valence-corrected chi connectivity index (χ3v) is 5.03. The molecule has 2 rings (SSSR count). The molecular weight excluding hydrogens is 312 g/mol. The molecule has 25 heavy (non-hydrogen) atoms. The van der Waals surface area contributed by atoms with Crippen molar-refractivity contribution < 1.29 is 4.74 Å². The van der Waals surface area contributed by atoms with Crippen LogP contribution in [0.25, 0.3) is 0 Å². The average molecular weight is 347 g/mol. The fourth-order valence-corrected chi connectivity index (χ4v) is 3.27. The van der Waals surface area contributed by atoms with Crippen LogP contribution in [0.1, 0.15) is 33.3 Å². The van der Waals surface area contributed by atoms with E-state index in [-0.39, 0.29) is 5.41 Å². The Balaban J connectivity index is 1.82. The molecule has 0 radical (unpaired) electrons. The van der Waals surface area contributed by atoms with Crippen molar-refractivity contribution in [1.29, 1.82) is 0 Å². The third kappa shape index (κ3) is 5.72. The average Bonchev–Trinajstić information content (AvgIpc) is 2.62. The van der Waals surface area contributed by atoms with Crippen LogP contribution < -0.4 is 10.6 Å². The Bertz CT molecular complexity index is 544. The molecule has 0 spiro atoms.